The van der Waals surface area contributed by atoms with Crippen molar-refractivity contribution in [1.82, 2.24) is 5.43 Å². The third-order valence-electron chi connectivity index (χ3n) is 2.44. The van der Waals surface area contributed by atoms with Gasteiger partial charge in [-0.3, -0.25) is 4.79 Å². The number of rotatable bonds is 3. The van der Waals surface area contributed by atoms with Crippen LogP contribution >= 0.6 is 15.9 Å². The third kappa shape index (κ3) is 3.48. The Morgan fingerprint density at radius 1 is 1.15 bits per heavy atom. The fourth-order valence-corrected chi connectivity index (χ4v) is 1.86. The van der Waals surface area contributed by atoms with E-state index in [9.17, 15) is 13.6 Å². The summed E-state index contributed by atoms with van der Waals surface area (Å²) in [5.41, 5.74) is 2.70. The molecule has 0 bridgehead atoms. The van der Waals surface area contributed by atoms with Crippen LogP contribution in [0, 0.1) is 11.6 Å². The maximum Gasteiger partial charge on any atom is 0.274 e. The lowest BCUT2D eigenvalue weighted by Crippen LogP contribution is -2.18. The molecule has 0 aliphatic carbocycles. The SMILES string of the molecule is O=C(N/N=C\c1ccc(F)c(Br)c1)c1ccccc1F. The quantitative estimate of drug-likeness (QED) is 0.675. The average molecular weight is 339 g/mol. The molecule has 3 nitrogen and oxygen atoms in total. The largest absolute Gasteiger partial charge is 0.274 e. The average Bonchev–Trinajstić information content (AvgIpc) is 2.43. The van der Waals surface area contributed by atoms with Crippen molar-refractivity contribution in [3.05, 3.63) is 69.7 Å². The number of halogens is 3. The van der Waals surface area contributed by atoms with E-state index in [0.717, 1.165) is 0 Å². The van der Waals surface area contributed by atoms with Crippen molar-refractivity contribution >= 4 is 28.1 Å². The second-order valence-electron chi connectivity index (χ2n) is 3.85. The summed E-state index contributed by atoms with van der Waals surface area (Å²) in [4.78, 5) is 11.6. The van der Waals surface area contributed by atoms with E-state index in [1.165, 1.54) is 42.6 Å². The molecule has 0 radical (unpaired) electrons. The first-order chi connectivity index (χ1) is 9.58. The van der Waals surface area contributed by atoms with Crippen molar-refractivity contribution in [2.24, 2.45) is 5.10 Å². The van der Waals surface area contributed by atoms with E-state index < -0.39 is 17.5 Å². The molecular weight excluding hydrogens is 330 g/mol. The number of nitrogens with one attached hydrogen (secondary N) is 1. The van der Waals surface area contributed by atoms with Gasteiger partial charge in [-0.2, -0.15) is 5.10 Å². The summed E-state index contributed by atoms with van der Waals surface area (Å²) >= 11 is 3.04. The minimum absolute atomic E-state index is 0.0927. The number of carbonyl (C=O) groups is 1. The summed E-state index contributed by atoms with van der Waals surface area (Å²) in [6.45, 7) is 0. The molecule has 1 amide bonds. The number of benzene rings is 2. The zero-order chi connectivity index (χ0) is 14.5. The number of hydrazone groups is 1. The summed E-state index contributed by atoms with van der Waals surface area (Å²) in [5.74, 6) is -1.66. The fourth-order valence-electron chi connectivity index (χ4n) is 1.46. The van der Waals surface area contributed by atoms with Crippen LogP contribution in [0.1, 0.15) is 15.9 Å². The minimum Gasteiger partial charge on any atom is -0.267 e. The van der Waals surface area contributed by atoms with Gasteiger partial charge in [-0.25, -0.2) is 14.2 Å². The molecule has 0 aromatic heterocycles. The van der Waals surface area contributed by atoms with Crippen molar-refractivity contribution in [3.8, 4) is 0 Å². The van der Waals surface area contributed by atoms with Gasteiger partial charge in [0, 0.05) is 0 Å². The van der Waals surface area contributed by atoms with Crippen LogP contribution < -0.4 is 5.43 Å². The predicted molar refractivity (Wildman–Crippen MR) is 75.6 cm³/mol. The van der Waals surface area contributed by atoms with Gasteiger partial charge >= 0.3 is 0 Å². The maximum absolute atomic E-state index is 13.3. The number of hydrogen-bond acceptors (Lipinski definition) is 2. The van der Waals surface area contributed by atoms with Gasteiger partial charge in [0.25, 0.3) is 5.91 Å². The first kappa shape index (κ1) is 14.3. The molecule has 2 rings (SSSR count). The van der Waals surface area contributed by atoms with Crippen molar-refractivity contribution in [2.45, 2.75) is 0 Å². The molecule has 0 aliphatic heterocycles. The van der Waals surface area contributed by atoms with Crippen molar-refractivity contribution in [3.63, 3.8) is 0 Å². The van der Waals surface area contributed by atoms with Gasteiger partial charge in [0.15, 0.2) is 0 Å². The lowest BCUT2D eigenvalue weighted by molar-refractivity contribution is 0.0951. The molecule has 0 aliphatic rings. The Morgan fingerprint density at radius 2 is 1.90 bits per heavy atom. The van der Waals surface area contributed by atoms with E-state index >= 15 is 0 Å². The molecule has 2 aromatic carbocycles. The first-order valence-electron chi connectivity index (χ1n) is 5.61. The van der Waals surface area contributed by atoms with Crippen LogP contribution in [0.5, 0.6) is 0 Å². The summed E-state index contributed by atoms with van der Waals surface area (Å²) in [6, 6.07) is 9.87. The smallest absolute Gasteiger partial charge is 0.267 e. The van der Waals surface area contributed by atoms with E-state index in [1.807, 2.05) is 0 Å². The lowest BCUT2D eigenvalue weighted by Gasteiger charge is -2.01. The van der Waals surface area contributed by atoms with Gasteiger partial charge in [0.2, 0.25) is 0 Å². The maximum atomic E-state index is 13.3. The summed E-state index contributed by atoms with van der Waals surface area (Å²) < 4.78 is 26.6. The van der Waals surface area contributed by atoms with Gasteiger partial charge in [0.1, 0.15) is 11.6 Å². The molecule has 0 saturated carbocycles. The highest BCUT2D eigenvalue weighted by Crippen LogP contribution is 2.15. The molecule has 0 spiro atoms. The van der Waals surface area contributed by atoms with Crippen LogP contribution in [0.3, 0.4) is 0 Å². The van der Waals surface area contributed by atoms with Crippen LogP contribution in [0.4, 0.5) is 8.78 Å². The van der Waals surface area contributed by atoms with Crippen LogP contribution in [0.25, 0.3) is 0 Å². The third-order valence-corrected chi connectivity index (χ3v) is 3.05. The highest BCUT2D eigenvalue weighted by atomic mass is 79.9. The van der Waals surface area contributed by atoms with Crippen molar-refractivity contribution in [1.29, 1.82) is 0 Å². The molecule has 0 saturated heterocycles. The summed E-state index contributed by atoms with van der Waals surface area (Å²) in [6.07, 6.45) is 1.34. The molecular formula is C14H9BrF2N2O. The molecule has 0 fully saturated rings. The molecule has 0 heterocycles. The van der Waals surface area contributed by atoms with E-state index in [1.54, 1.807) is 6.07 Å². The number of carbonyl (C=O) groups excluding carboxylic acids is 1. The number of nitrogens with zero attached hydrogens (tertiary/aromatic N) is 1. The Balaban J connectivity index is 2.05. The zero-order valence-corrected chi connectivity index (χ0v) is 11.7. The molecule has 0 unspecified atom stereocenters. The van der Waals surface area contributed by atoms with Crippen LogP contribution in [-0.4, -0.2) is 12.1 Å². The number of hydrogen-bond donors (Lipinski definition) is 1. The van der Waals surface area contributed by atoms with Gasteiger partial charge in [0.05, 0.1) is 16.3 Å². The van der Waals surface area contributed by atoms with Gasteiger partial charge in [-0.15, -0.1) is 0 Å². The fraction of sp³-hybridized carbons (Fsp3) is 0. The van der Waals surface area contributed by atoms with Crippen molar-refractivity contribution < 1.29 is 13.6 Å². The Morgan fingerprint density at radius 3 is 2.60 bits per heavy atom. The Labute approximate surface area is 122 Å². The second kappa shape index (κ2) is 6.38. The molecule has 2 aromatic rings. The van der Waals surface area contributed by atoms with E-state index in [2.05, 4.69) is 26.5 Å². The first-order valence-corrected chi connectivity index (χ1v) is 6.40. The molecule has 20 heavy (non-hydrogen) atoms. The molecule has 0 atom stereocenters. The number of amides is 1. The lowest BCUT2D eigenvalue weighted by atomic mass is 10.2. The standard InChI is InChI=1S/C14H9BrF2N2O/c15-11-7-9(5-6-13(11)17)8-18-19-14(20)10-3-1-2-4-12(10)16/h1-8H,(H,19,20)/b18-8-. The zero-order valence-electron chi connectivity index (χ0n) is 10.1. The van der Waals surface area contributed by atoms with Crippen LogP contribution in [0.15, 0.2) is 52.0 Å². The highest BCUT2D eigenvalue weighted by molar-refractivity contribution is 9.10. The van der Waals surface area contributed by atoms with Gasteiger partial charge in [-0.05, 0) is 45.8 Å². The summed E-state index contributed by atoms with van der Waals surface area (Å²) in [7, 11) is 0. The molecule has 6 heteroatoms. The Hall–Kier alpha value is -2.08. The van der Waals surface area contributed by atoms with Crippen LogP contribution in [0.2, 0.25) is 0 Å². The molecule has 1 N–H and O–H groups in total. The van der Waals surface area contributed by atoms with E-state index in [-0.39, 0.29) is 5.56 Å². The topological polar surface area (TPSA) is 41.5 Å². The monoisotopic (exact) mass is 338 g/mol. The minimum atomic E-state index is -0.652. The predicted octanol–water partition coefficient (Wildman–Crippen LogP) is 3.49. The summed E-state index contributed by atoms with van der Waals surface area (Å²) in [5, 5.41) is 3.70. The van der Waals surface area contributed by atoms with Gasteiger partial charge in [-0.1, -0.05) is 18.2 Å². The highest BCUT2D eigenvalue weighted by Gasteiger charge is 2.09. The van der Waals surface area contributed by atoms with E-state index in [0.29, 0.717) is 10.0 Å². The van der Waals surface area contributed by atoms with Crippen LogP contribution in [-0.2, 0) is 0 Å². The Bertz CT molecular complexity index is 674. The molecule has 102 valence electrons. The second-order valence-corrected chi connectivity index (χ2v) is 4.71. The van der Waals surface area contributed by atoms with Gasteiger partial charge < -0.3 is 0 Å². The van der Waals surface area contributed by atoms with E-state index in [4.69, 9.17) is 0 Å². The van der Waals surface area contributed by atoms with Crippen molar-refractivity contribution in [2.75, 3.05) is 0 Å². The normalized spacial score (nSPS) is 10.8. The Kier molecular flexibility index (Phi) is 4.57.